The van der Waals surface area contributed by atoms with Gasteiger partial charge in [-0.3, -0.25) is 0 Å². The van der Waals surface area contributed by atoms with E-state index in [1.54, 1.807) is 6.07 Å². The molecule has 308 valence electrons. The van der Waals surface area contributed by atoms with Crippen LogP contribution < -0.4 is 0 Å². The van der Waals surface area contributed by atoms with Crippen LogP contribution in [0.4, 0.5) is 0 Å². The summed E-state index contributed by atoms with van der Waals surface area (Å²) in [5.74, 6) is -1.33. The Bertz CT molecular complexity index is 2140. The van der Waals surface area contributed by atoms with Gasteiger partial charge in [0.1, 0.15) is 11.3 Å². The van der Waals surface area contributed by atoms with Crippen molar-refractivity contribution in [2.45, 2.75) is 155 Å². The highest BCUT2D eigenvalue weighted by Crippen LogP contribution is 2.45. The topological polar surface area (TPSA) is 57.5 Å². The van der Waals surface area contributed by atoms with Gasteiger partial charge in [-0.25, -0.2) is 4.79 Å². The van der Waals surface area contributed by atoms with Crippen molar-refractivity contribution in [1.29, 1.82) is 0 Å². The fraction of sp³-hybridized carbons (Fsp3) is 0.436. The van der Waals surface area contributed by atoms with Crippen molar-refractivity contribution in [3.63, 3.8) is 0 Å². The molecule has 0 radical (unpaired) electrons. The van der Waals surface area contributed by atoms with Gasteiger partial charge in [-0.15, -0.1) is 0 Å². The minimum absolute atomic E-state index is 0.00216. The van der Waals surface area contributed by atoms with Crippen LogP contribution in [0.15, 0.2) is 109 Å². The van der Waals surface area contributed by atoms with Crippen molar-refractivity contribution in [3.8, 4) is 5.75 Å². The summed E-state index contributed by atoms with van der Waals surface area (Å²) in [6, 6.07) is 39.4. The maximum atomic E-state index is 13.1. The maximum absolute atomic E-state index is 13.1. The van der Waals surface area contributed by atoms with E-state index >= 15 is 0 Å². The van der Waals surface area contributed by atoms with Gasteiger partial charge < -0.3 is 10.2 Å². The van der Waals surface area contributed by atoms with E-state index in [0.29, 0.717) is 12.0 Å². The summed E-state index contributed by atoms with van der Waals surface area (Å²) in [4.78, 5) is 13.1. The molecule has 4 atom stereocenters. The quantitative estimate of drug-likeness (QED) is 0.140. The van der Waals surface area contributed by atoms with Crippen LogP contribution in [-0.4, -0.2) is 16.2 Å². The summed E-state index contributed by atoms with van der Waals surface area (Å²) >= 11 is 0. The third kappa shape index (κ3) is 10.5. The zero-order valence-corrected chi connectivity index (χ0v) is 37.9. The zero-order valence-electron chi connectivity index (χ0n) is 37.9. The Labute approximate surface area is 351 Å². The third-order valence-corrected chi connectivity index (χ3v) is 12.4. The number of benzene rings is 5. The van der Waals surface area contributed by atoms with E-state index in [0.717, 1.165) is 23.1 Å². The Kier molecular flexibility index (Phi) is 13.0. The van der Waals surface area contributed by atoms with Crippen LogP contribution in [0, 0.1) is 0 Å². The zero-order chi connectivity index (χ0) is 43.0. The average molecular weight is 779 g/mol. The van der Waals surface area contributed by atoms with Gasteiger partial charge in [0.05, 0.1) is 0 Å². The molecule has 0 aliphatic rings. The Morgan fingerprint density at radius 2 is 0.741 bits per heavy atom. The van der Waals surface area contributed by atoms with Crippen molar-refractivity contribution >= 4 is 5.97 Å². The second kappa shape index (κ2) is 16.9. The molecular weight excluding hydrogens is 709 g/mol. The molecule has 58 heavy (non-hydrogen) atoms. The van der Waals surface area contributed by atoms with Gasteiger partial charge in [-0.05, 0) is 102 Å². The summed E-state index contributed by atoms with van der Waals surface area (Å²) in [6.45, 7) is 31.2. The fourth-order valence-corrected chi connectivity index (χ4v) is 8.25. The van der Waals surface area contributed by atoms with Gasteiger partial charge in [0.2, 0.25) is 0 Å². The first-order valence-electron chi connectivity index (χ1n) is 21.4. The van der Waals surface area contributed by atoms with Gasteiger partial charge in [0, 0.05) is 17.4 Å². The molecule has 0 amide bonds. The predicted molar refractivity (Wildman–Crippen MR) is 245 cm³/mol. The van der Waals surface area contributed by atoms with Gasteiger partial charge in [0.15, 0.2) is 0 Å². The van der Waals surface area contributed by atoms with Gasteiger partial charge in [0.25, 0.3) is 0 Å². The minimum atomic E-state index is -1.12. The Hall–Kier alpha value is -4.63. The number of rotatable bonds is 11. The summed E-state index contributed by atoms with van der Waals surface area (Å²) in [6.07, 6.45) is 1.47. The summed E-state index contributed by atoms with van der Waals surface area (Å²) in [5.41, 5.74) is 11.4. The Balaban J connectivity index is 1.68. The minimum Gasteiger partial charge on any atom is -0.507 e. The number of carboxylic acid groups (broad SMARTS) is 1. The molecule has 0 saturated heterocycles. The second-order valence-electron chi connectivity index (χ2n) is 21.2. The second-order valence-corrected chi connectivity index (χ2v) is 21.2. The molecule has 3 heteroatoms. The molecule has 0 saturated carbocycles. The number of hydrogen-bond acceptors (Lipinski definition) is 2. The molecule has 3 nitrogen and oxygen atoms in total. The number of phenols is 1. The van der Waals surface area contributed by atoms with Crippen molar-refractivity contribution in [3.05, 3.63) is 170 Å². The SMILES string of the molecule is CC(CC(c1ccc(C(C)(C)C)cc1)c1cc(C(=O)O)c(O)c(C(CC(C)c2ccc(C(C)(C)C)cc2)c2ccc(C(C)(C)C)cc2)c1)c1ccc(C(C)(C)C)cc1. The lowest BCUT2D eigenvalue weighted by Gasteiger charge is -2.29. The molecule has 0 aromatic heterocycles. The molecule has 0 spiro atoms. The number of hydrogen-bond donors (Lipinski definition) is 2. The standard InChI is InChI=1S/C55H70O3/c1-35(37-15-23-42(24-16-37)52(3,4)5)31-46(39-19-27-44(28-20-39)54(9,10)11)41-33-48(50(56)49(34-41)51(57)58)47(40-21-29-45(30-22-40)55(12,13)14)32-36(2)38-17-25-43(26-18-38)53(6,7)8/h15-30,33-36,46-47,56H,31-32H2,1-14H3,(H,57,58). The number of carbonyl (C=O) groups is 1. The molecule has 0 heterocycles. The highest BCUT2D eigenvalue weighted by Gasteiger charge is 2.30. The number of aromatic hydroxyl groups is 1. The Morgan fingerprint density at radius 1 is 0.448 bits per heavy atom. The van der Waals surface area contributed by atoms with Gasteiger partial charge in [-0.2, -0.15) is 0 Å². The van der Waals surface area contributed by atoms with Crippen LogP contribution >= 0.6 is 0 Å². The lowest BCUT2D eigenvalue weighted by atomic mass is 9.76. The molecular formula is C55H70O3. The normalized spacial score (nSPS) is 14.8. The molecule has 5 rings (SSSR count). The summed E-state index contributed by atoms with van der Waals surface area (Å²) in [7, 11) is 0. The first-order chi connectivity index (χ1) is 26.8. The highest BCUT2D eigenvalue weighted by atomic mass is 16.4. The average Bonchev–Trinajstić information content (AvgIpc) is 3.15. The van der Waals surface area contributed by atoms with Crippen molar-refractivity contribution in [2.75, 3.05) is 0 Å². The van der Waals surface area contributed by atoms with Gasteiger partial charge >= 0.3 is 5.97 Å². The lowest BCUT2D eigenvalue weighted by Crippen LogP contribution is -2.15. The van der Waals surface area contributed by atoms with Crippen LogP contribution in [0.3, 0.4) is 0 Å². The largest absolute Gasteiger partial charge is 0.507 e. The maximum Gasteiger partial charge on any atom is 0.339 e. The third-order valence-electron chi connectivity index (χ3n) is 12.4. The smallest absolute Gasteiger partial charge is 0.339 e. The van der Waals surface area contributed by atoms with Crippen molar-refractivity contribution in [2.24, 2.45) is 0 Å². The van der Waals surface area contributed by atoms with Gasteiger partial charge in [-0.1, -0.05) is 200 Å². The van der Waals surface area contributed by atoms with Crippen LogP contribution in [0.1, 0.15) is 199 Å². The molecule has 0 fully saturated rings. The lowest BCUT2D eigenvalue weighted by molar-refractivity contribution is 0.0693. The predicted octanol–water partition coefficient (Wildman–Crippen LogP) is 14.9. The monoisotopic (exact) mass is 779 g/mol. The Morgan fingerprint density at radius 3 is 1.05 bits per heavy atom. The van der Waals surface area contributed by atoms with Crippen LogP contribution in [-0.2, 0) is 21.7 Å². The first-order valence-corrected chi connectivity index (χ1v) is 21.4. The van der Waals surface area contributed by atoms with E-state index in [9.17, 15) is 15.0 Å². The molecule has 0 aliphatic carbocycles. The molecule has 0 bridgehead atoms. The van der Waals surface area contributed by atoms with E-state index in [1.165, 1.54) is 33.4 Å². The van der Waals surface area contributed by atoms with E-state index in [2.05, 4.69) is 200 Å². The summed E-state index contributed by atoms with van der Waals surface area (Å²) < 4.78 is 0. The first kappa shape index (κ1) is 44.5. The van der Waals surface area contributed by atoms with E-state index in [4.69, 9.17) is 0 Å². The number of carboxylic acids is 1. The van der Waals surface area contributed by atoms with E-state index < -0.39 is 5.97 Å². The molecule has 5 aromatic rings. The molecule has 4 unspecified atom stereocenters. The van der Waals surface area contributed by atoms with E-state index in [1.807, 2.05) is 0 Å². The van der Waals surface area contributed by atoms with Crippen molar-refractivity contribution < 1.29 is 15.0 Å². The fourth-order valence-electron chi connectivity index (χ4n) is 8.25. The molecule has 0 aliphatic heterocycles. The van der Waals surface area contributed by atoms with E-state index in [-0.39, 0.29) is 56.6 Å². The molecule has 5 aromatic carbocycles. The summed E-state index contributed by atoms with van der Waals surface area (Å²) in [5, 5.41) is 22.8. The van der Waals surface area contributed by atoms with Crippen LogP contribution in [0.2, 0.25) is 0 Å². The van der Waals surface area contributed by atoms with Crippen molar-refractivity contribution in [1.82, 2.24) is 0 Å². The van der Waals surface area contributed by atoms with Crippen LogP contribution in [0.5, 0.6) is 5.75 Å². The highest BCUT2D eigenvalue weighted by molar-refractivity contribution is 5.92. The van der Waals surface area contributed by atoms with Crippen LogP contribution in [0.25, 0.3) is 0 Å². The number of aromatic carboxylic acids is 1. The molecule has 2 N–H and O–H groups in total.